The Morgan fingerprint density at radius 3 is 2.70 bits per heavy atom. The number of hydrogen-bond acceptors (Lipinski definition) is 11. The summed E-state index contributed by atoms with van der Waals surface area (Å²) < 4.78 is 22.6. The summed E-state index contributed by atoms with van der Waals surface area (Å²) in [6, 6.07) is 5.92. The van der Waals surface area contributed by atoms with Gasteiger partial charge in [-0.2, -0.15) is 0 Å². The first-order valence-corrected chi connectivity index (χ1v) is 14.0. The fourth-order valence-corrected chi connectivity index (χ4v) is 5.28. The molecular formula is C28H37ClN6O5. The highest BCUT2D eigenvalue weighted by atomic mass is 35.5. The van der Waals surface area contributed by atoms with Crippen LogP contribution in [0.15, 0.2) is 22.7 Å². The number of anilines is 1. The molecule has 0 radical (unpaired) electrons. The van der Waals surface area contributed by atoms with E-state index in [4.69, 9.17) is 40.3 Å². The third kappa shape index (κ3) is 6.24. The van der Waals surface area contributed by atoms with Gasteiger partial charge in [0, 0.05) is 30.8 Å². The topological polar surface area (TPSA) is 127 Å². The predicted octanol–water partition coefficient (Wildman–Crippen LogP) is 2.85. The van der Waals surface area contributed by atoms with Crippen LogP contribution >= 0.6 is 11.6 Å². The van der Waals surface area contributed by atoms with Gasteiger partial charge in [-0.05, 0) is 46.0 Å². The number of nitrogens with one attached hydrogen (secondary N) is 2. The van der Waals surface area contributed by atoms with E-state index in [2.05, 4.69) is 20.7 Å². The van der Waals surface area contributed by atoms with Crippen molar-refractivity contribution >= 4 is 17.4 Å². The highest BCUT2D eigenvalue weighted by molar-refractivity contribution is 6.33. The van der Waals surface area contributed by atoms with Crippen molar-refractivity contribution in [2.45, 2.75) is 39.0 Å². The van der Waals surface area contributed by atoms with Crippen LogP contribution in [0.5, 0.6) is 5.75 Å². The van der Waals surface area contributed by atoms with Crippen molar-refractivity contribution in [2.75, 3.05) is 65.0 Å². The number of ether oxygens (including phenoxy) is 3. The minimum atomic E-state index is -0.642. The zero-order chi connectivity index (χ0) is 28.2. The van der Waals surface area contributed by atoms with Crippen molar-refractivity contribution in [3.63, 3.8) is 0 Å². The van der Waals surface area contributed by atoms with E-state index in [1.54, 1.807) is 25.2 Å². The second-order valence-corrected chi connectivity index (χ2v) is 10.7. The molecule has 2 atom stereocenters. The Labute approximate surface area is 239 Å². The van der Waals surface area contributed by atoms with Crippen LogP contribution in [0.3, 0.4) is 0 Å². The van der Waals surface area contributed by atoms with E-state index in [-0.39, 0.29) is 12.6 Å². The number of nitrogens with zero attached hydrogens (tertiary/aromatic N) is 4. The van der Waals surface area contributed by atoms with E-state index >= 15 is 0 Å². The first kappa shape index (κ1) is 28.7. The average Bonchev–Trinajstić information content (AvgIpc) is 3.25. The van der Waals surface area contributed by atoms with Crippen molar-refractivity contribution in [3.05, 3.63) is 40.2 Å². The zero-order valence-electron chi connectivity index (χ0n) is 23.4. The zero-order valence-corrected chi connectivity index (χ0v) is 24.1. The summed E-state index contributed by atoms with van der Waals surface area (Å²) in [5, 5.41) is 21.2. The Kier molecular flexibility index (Phi) is 9.19. The van der Waals surface area contributed by atoms with Crippen LogP contribution in [0.25, 0.3) is 22.6 Å². The number of aryl methyl sites for hydroxylation is 2. The molecular weight excluding hydrogens is 536 g/mol. The molecule has 216 valence electrons. The van der Waals surface area contributed by atoms with Crippen molar-refractivity contribution in [3.8, 4) is 28.4 Å². The molecule has 12 heteroatoms. The number of rotatable bonds is 11. The number of likely N-dealkylation sites (N-methyl/N-ethyl adjacent to an activating group) is 1. The van der Waals surface area contributed by atoms with Gasteiger partial charge in [0.15, 0.2) is 5.82 Å². The minimum absolute atomic E-state index is 0.139. The maximum absolute atomic E-state index is 10.1. The maximum Gasteiger partial charge on any atom is 0.163 e. The van der Waals surface area contributed by atoms with Gasteiger partial charge >= 0.3 is 0 Å². The number of hydrogen-bond donors (Lipinski definition) is 3. The summed E-state index contributed by atoms with van der Waals surface area (Å²) in [5.74, 6) is 2.38. The molecule has 11 nitrogen and oxygen atoms in total. The molecule has 2 fully saturated rings. The van der Waals surface area contributed by atoms with Gasteiger partial charge in [-0.15, -0.1) is 0 Å². The fraction of sp³-hybridized carbons (Fsp3) is 0.536. The van der Waals surface area contributed by atoms with Gasteiger partial charge in [-0.3, -0.25) is 4.90 Å². The standard InChI is InChI=1S/C28H37ClN6O5/c1-16-26(25-17(2)34-40-18(25)3)32-28(23-9-22(5-6-24(23)29)39-15-21(36)11-30-4)33-27(16)31-10-19-12-37-8-7-35(19)20-13-38-14-20/h5-6,9,19-21,30,36H,7-8,10-15H2,1-4H3,(H,31,32,33). The lowest BCUT2D eigenvalue weighted by Crippen LogP contribution is -2.59. The molecule has 0 spiro atoms. The SMILES string of the molecule is CNCC(O)COc1ccc(Cl)c(-c2nc(NCC3COCCN3C3COC3)c(C)c(-c3c(C)noc3C)n2)c1. The van der Waals surface area contributed by atoms with E-state index in [0.29, 0.717) is 59.5 Å². The van der Waals surface area contributed by atoms with E-state index < -0.39 is 6.10 Å². The lowest BCUT2D eigenvalue weighted by Gasteiger charge is -2.44. The largest absolute Gasteiger partial charge is 0.491 e. The summed E-state index contributed by atoms with van der Waals surface area (Å²) in [6.07, 6.45) is -0.642. The third-order valence-corrected chi connectivity index (χ3v) is 7.67. The molecule has 0 bridgehead atoms. The van der Waals surface area contributed by atoms with Gasteiger partial charge in [-0.25, -0.2) is 9.97 Å². The van der Waals surface area contributed by atoms with E-state index in [9.17, 15) is 5.11 Å². The molecule has 3 aromatic rings. The van der Waals surface area contributed by atoms with Crippen molar-refractivity contribution < 1.29 is 23.8 Å². The van der Waals surface area contributed by atoms with Crippen LogP contribution in [-0.4, -0.2) is 103 Å². The highest BCUT2D eigenvalue weighted by Gasteiger charge is 2.34. The van der Waals surface area contributed by atoms with Gasteiger partial charge in [0.25, 0.3) is 0 Å². The number of benzene rings is 1. The number of aliphatic hydroxyl groups is 1. The van der Waals surface area contributed by atoms with Crippen molar-refractivity contribution in [2.24, 2.45) is 0 Å². The molecule has 3 N–H and O–H groups in total. The predicted molar refractivity (Wildman–Crippen MR) is 152 cm³/mol. The smallest absolute Gasteiger partial charge is 0.163 e. The number of morpholine rings is 1. The molecule has 2 aromatic heterocycles. The second-order valence-electron chi connectivity index (χ2n) is 10.3. The second kappa shape index (κ2) is 12.8. The molecule has 2 aliphatic rings. The lowest BCUT2D eigenvalue weighted by molar-refractivity contribution is -0.114. The van der Waals surface area contributed by atoms with E-state index in [1.807, 2.05) is 20.8 Å². The summed E-state index contributed by atoms with van der Waals surface area (Å²) in [5.41, 5.74) is 3.80. The molecule has 0 amide bonds. The van der Waals surface area contributed by atoms with Gasteiger partial charge < -0.3 is 34.5 Å². The van der Waals surface area contributed by atoms with Crippen molar-refractivity contribution in [1.82, 2.24) is 25.3 Å². The molecule has 2 saturated heterocycles. The molecule has 2 unspecified atom stereocenters. The molecule has 40 heavy (non-hydrogen) atoms. The minimum Gasteiger partial charge on any atom is -0.491 e. The van der Waals surface area contributed by atoms with Crippen molar-refractivity contribution in [1.29, 1.82) is 0 Å². The third-order valence-electron chi connectivity index (χ3n) is 7.34. The van der Waals surface area contributed by atoms with E-state index in [1.165, 1.54) is 0 Å². The first-order valence-electron chi connectivity index (χ1n) is 13.6. The normalized spacial score (nSPS) is 18.9. The van der Waals surface area contributed by atoms with Crippen LogP contribution in [0.2, 0.25) is 5.02 Å². The summed E-state index contributed by atoms with van der Waals surface area (Å²) >= 11 is 6.67. The van der Waals surface area contributed by atoms with Crippen LogP contribution in [0.1, 0.15) is 17.0 Å². The van der Waals surface area contributed by atoms with Gasteiger partial charge in [-0.1, -0.05) is 16.8 Å². The quantitative estimate of drug-likeness (QED) is 0.314. The number of halogens is 1. The Hall–Kier alpha value is -2.80. The summed E-state index contributed by atoms with van der Waals surface area (Å²) in [4.78, 5) is 12.3. The van der Waals surface area contributed by atoms with Gasteiger partial charge in [0.2, 0.25) is 0 Å². The summed E-state index contributed by atoms with van der Waals surface area (Å²) in [6.45, 7) is 10.7. The number of aromatic nitrogens is 3. The average molecular weight is 573 g/mol. The Balaban J connectivity index is 1.48. The molecule has 4 heterocycles. The van der Waals surface area contributed by atoms with Crippen LogP contribution in [0.4, 0.5) is 5.82 Å². The van der Waals surface area contributed by atoms with E-state index in [0.717, 1.165) is 48.9 Å². The number of aliphatic hydroxyl groups excluding tert-OH is 1. The molecule has 0 aliphatic carbocycles. The summed E-state index contributed by atoms with van der Waals surface area (Å²) in [7, 11) is 1.78. The Morgan fingerprint density at radius 1 is 1.18 bits per heavy atom. The molecule has 2 aliphatic heterocycles. The Morgan fingerprint density at radius 2 is 2.00 bits per heavy atom. The molecule has 1 aromatic carbocycles. The monoisotopic (exact) mass is 572 g/mol. The van der Waals surface area contributed by atoms with Crippen LogP contribution < -0.4 is 15.4 Å². The molecule has 0 saturated carbocycles. The fourth-order valence-electron chi connectivity index (χ4n) is 5.08. The van der Waals surface area contributed by atoms with Gasteiger partial charge in [0.1, 0.15) is 30.0 Å². The van der Waals surface area contributed by atoms with Crippen LogP contribution in [0, 0.1) is 20.8 Å². The van der Waals surface area contributed by atoms with Gasteiger partial charge in [0.05, 0.1) is 60.5 Å². The maximum atomic E-state index is 10.1. The molecule has 5 rings (SSSR count). The Bertz CT molecular complexity index is 1300. The lowest BCUT2D eigenvalue weighted by atomic mass is 10.0. The highest BCUT2D eigenvalue weighted by Crippen LogP contribution is 2.36. The first-order chi connectivity index (χ1) is 19.4. The van der Waals surface area contributed by atoms with Crippen LogP contribution in [-0.2, 0) is 9.47 Å².